The normalized spacial score (nSPS) is 22.3. The molecule has 0 aromatic heterocycles. The Morgan fingerprint density at radius 3 is 2.85 bits per heavy atom. The van der Waals surface area contributed by atoms with Crippen molar-refractivity contribution in [2.24, 2.45) is 11.7 Å². The fraction of sp³-hybridized carbons (Fsp3) is 0.533. The van der Waals surface area contributed by atoms with E-state index in [1.54, 1.807) is 6.07 Å². The Bertz CT molecular complexity index is 479. The molecule has 1 aromatic carbocycles. The Labute approximate surface area is 131 Å². The highest BCUT2D eigenvalue weighted by molar-refractivity contribution is 6.34. The molecule has 1 amide bonds. The van der Waals surface area contributed by atoms with E-state index < -0.39 is 0 Å². The summed E-state index contributed by atoms with van der Waals surface area (Å²) in [7, 11) is 0. The van der Waals surface area contributed by atoms with Crippen LogP contribution in [0.1, 0.15) is 35.7 Å². The number of benzene rings is 1. The Morgan fingerprint density at radius 1 is 1.50 bits per heavy atom. The fourth-order valence-electron chi connectivity index (χ4n) is 2.83. The van der Waals surface area contributed by atoms with Crippen molar-refractivity contribution in [1.82, 2.24) is 4.90 Å². The molecule has 112 valence electrons. The van der Waals surface area contributed by atoms with Gasteiger partial charge in [-0.15, -0.1) is 12.4 Å². The summed E-state index contributed by atoms with van der Waals surface area (Å²) in [5.74, 6) is 0.460. The minimum Gasteiger partial charge on any atom is -0.334 e. The van der Waals surface area contributed by atoms with Gasteiger partial charge in [0.25, 0.3) is 5.91 Å². The van der Waals surface area contributed by atoms with E-state index in [4.69, 9.17) is 17.3 Å². The predicted molar refractivity (Wildman–Crippen MR) is 85.7 cm³/mol. The second-order valence-electron chi connectivity index (χ2n) is 5.36. The number of likely N-dealkylation sites (tertiary alicyclic amines) is 1. The second kappa shape index (κ2) is 7.30. The molecule has 0 radical (unpaired) electrons. The Hall–Kier alpha value is -0.770. The molecule has 2 rings (SSSR count). The number of nitrogens with two attached hydrogens (primary N) is 1. The molecule has 5 heteroatoms. The molecule has 3 nitrogen and oxygen atoms in total. The van der Waals surface area contributed by atoms with E-state index in [-0.39, 0.29) is 24.4 Å². The Kier molecular flexibility index (Phi) is 6.31. The molecule has 1 saturated heterocycles. The summed E-state index contributed by atoms with van der Waals surface area (Å²) in [6.07, 6.45) is 2.17. The van der Waals surface area contributed by atoms with Gasteiger partial charge in [-0.1, -0.05) is 30.7 Å². The molecule has 1 heterocycles. The first kappa shape index (κ1) is 17.3. The van der Waals surface area contributed by atoms with Crippen LogP contribution in [0.25, 0.3) is 0 Å². The third-order valence-electron chi connectivity index (χ3n) is 4.04. The van der Waals surface area contributed by atoms with Crippen molar-refractivity contribution < 1.29 is 4.79 Å². The molecular weight excluding hydrogens is 295 g/mol. The number of carbonyl (C=O) groups excluding carboxylic acids is 1. The first-order valence-corrected chi connectivity index (χ1v) is 7.20. The summed E-state index contributed by atoms with van der Waals surface area (Å²) in [6, 6.07) is 5.71. The van der Waals surface area contributed by atoms with Crippen LogP contribution in [0.4, 0.5) is 0 Å². The number of carbonyl (C=O) groups is 1. The average molecular weight is 317 g/mol. The van der Waals surface area contributed by atoms with Gasteiger partial charge in [0.15, 0.2) is 0 Å². The number of amides is 1. The summed E-state index contributed by atoms with van der Waals surface area (Å²) in [5.41, 5.74) is 7.37. The zero-order valence-corrected chi connectivity index (χ0v) is 13.5. The molecule has 0 saturated carbocycles. The average Bonchev–Trinajstić information content (AvgIpc) is 2.41. The SMILES string of the molecule is Cc1cccc(C(=O)N2CCCC(C)C2CN)c1Cl.Cl. The molecule has 2 N–H and O–H groups in total. The van der Waals surface area contributed by atoms with Gasteiger partial charge in [0, 0.05) is 19.1 Å². The molecule has 0 spiro atoms. The monoisotopic (exact) mass is 316 g/mol. The van der Waals surface area contributed by atoms with E-state index in [0.717, 1.165) is 24.9 Å². The maximum atomic E-state index is 12.7. The van der Waals surface area contributed by atoms with Crippen molar-refractivity contribution >= 4 is 29.9 Å². The lowest BCUT2D eigenvalue weighted by Gasteiger charge is -2.39. The van der Waals surface area contributed by atoms with Crippen molar-refractivity contribution in [2.45, 2.75) is 32.7 Å². The number of piperidine rings is 1. The highest BCUT2D eigenvalue weighted by Crippen LogP contribution is 2.27. The van der Waals surface area contributed by atoms with Crippen LogP contribution in [-0.2, 0) is 0 Å². The van der Waals surface area contributed by atoms with Crippen molar-refractivity contribution in [3.05, 3.63) is 34.3 Å². The van der Waals surface area contributed by atoms with Crippen molar-refractivity contribution in [1.29, 1.82) is 0 Å². The van der Waals surface area contributed by atoms with Crippen LogP contribution in [0.15, 0.2) is 18.2 Å². The minimum atomic E-state index is 0. The number of hydrogen-bond acceptors (Lipinski definition) is 2. The molecule has 1 aromatic rings. The van der Waals surface area contributed by atoms with E-state index in [0.29, 0.717) is 23.0 Å². The van der Waals surface area contributed by atoms with E-state index in [1.165, 1.54) is 0 Å². The summed E-state index contributed by atoms with van der Waals surface area (Å²) < 4.78 is 0. The number of aryl methyl sites for hydroxylation is 1. The number of rotatable bonds is 2. The summed E-state index contributed by atoms with van der Waals surface area (Å²) in [4.78, 5) is 14.6. The molecule has 1 fully saturated rings. The van der Waals surface area contributed by atoms with Crippen molar-refractivity contribution in [2.75, 3.05) is 13.1 Å². The molecule has 0 aliphatic carbocycles. The largest absolute Gasteiger partial charge is 0.334 e. The standard InChI is InChI=1S/C15H21ClN2O.ClH/c1-10-6-4-8-18(13(10)9-17)15(19)12-7-3-5-11(2)14(12)16;/h3,5,7,10,13H,4,6,8-9,17H2,1-2H3;1H. The van der Waals surface area contributed by atoms with Crippen LogP contribution >= 0.6 is 24.0 Å². The van der Waals surface area contributed by atoms with Crippen LogP contribution < -0.4 is 5.73 Å². The lowest BCUT2D eigenvalue weighted by molar-refractivity contribution is 0.0532. The van der Waals surface area contributed by atoms with Gasteiger partial charge in [-0.25, -0.2) is 0 Å². The first-order valence-electron chi connectivity index (χ1n) is 6.82. The number of hydrogen-bond donors (Lipinski definition) is 1. The summed E-state index contributed by atoms with van der Waals surface area (Å²) in [5, 5.41) is 0.557. The van der Waals surface area contributed by atoms with E-state index in [1.807, 2.05) is 24.0 Å². The van der Waals surface area contributed by atoms with Crippen LogP contribution in [0.2, 0.25) is 5.02 Å². The molecule has 2 unspecified atom stereocenters. The summed E-state index contributed by atoms with van der Waals surface area (Å²) >= 11 is 6.26. The third-order valence-corrected chi connectivity index (χ3v) is 4.54. The van der Waals surface area contributed by atoms with Gasteiger partial charge in [-0.2, -0.15) is 0 Å². The van der Waals surface area contributed by atoms with Gasteiger partial charge in [0.05, 0.1) is 10.6 Å². The molecule has 1 aliphatic rings. The van der Waals surface area contributed by atoms with E-state index >= 15 is 0 Å². The molecule has 20 heavy (non-hydrogen) atoms. The van der Waals surface area contributed by atoms with Crippen molar-refractivity contribution in [3.8, 4) is 0 Å². The molecule has 1 aliphatic heterocycles. The zero-order valence-electron chi connectivity index (χ0n) is 11.9. The molecule has 2 atom stereocenters. The maximum absolute atomic E-state index is 12.7. The topological polar surface area (TPSA) is 46.3 Å². The molecular formula is C15H22Cl2N2O. The Morgan fingerprint density at radius 2 is 2.20 bits per heavy atom. The van der Waals surface area contributed by atoms with Crippen LogP contribution in [0.3, 0.4) is 0 Å². The Balaban J connectivity index is 0.00000200. The van der Waals surface area contributed by atoms with E-state index in [2.05, 4.69) is 6.92 Å². The van der Waals surface area contributed by atoms with Gasteiger partial charge >= 0.3 is 0 Å². The van der Waals surface area contributed by atoms with Gasteiger partial charge < -0.3 is 10.6 Å². The second-order valence-corrected chi connectivity index (χ2v) is 5.74. The van der Waals surface area contributed by atoms with Crippen LogP contribution in [0, 0.1) is 12.8 Å². The quantitative estimate of drug-likeness (QED) is 0.910. The highest BCUT2D eigenvalue weighted by atomic mass is 35.5. The minimum absolute atomic E-state index is 0. The fourth-order valence-corrected chi connectivity index (χ4v) is 3.03. The van der Waals surface area contributed by atoms with Gasteiger partial charge in [0.2, 0.25) is 0 Å². The number of nitrogens with zero attached hydrogens (tertiary/aromatic N) is 1. The predicted octanol–water partition coefficient (Wildman–Crippen LogP) is 3.27. The van der Waals surface area contributed by atoms with Gasteiger partial charge in [-0.05, 0) is 37.3 Å². The van der Waals surface area contributed by atoms with E-state index in [9.17, 15) is 4.79 Å². The van der Waals surface area contributed by atoms with Gasteiger partial charge in [-0.3, -0.25) is 4.79 Å². The van der Waals surface area contributed by atoms with Gasteiger partial charge in [0.1, 0.15) is 0 Å². The molecule has 0 bridgehead atoms. The highest BCUT2D eigenvalue weighted by Gasteiger charge is 2.32. The third kappa shape index (κ3) is 3.27. The maximum Gasteiger partial charge on any atom is 0.255 e. The zero-order chi connectivity index (χ0) is 14.0. The lowest BCUT2D eigenvalue weighted by Crippen LogP contribution is -2.51. The first-order chi connectivity index (χ1) is 9.06. The number of halogens is 2. The van der Waals surface area contributed by atoms with Crippen LogP contribution in [0.5, 0.6) is 0 Å². The van der Waals surface area contributed by atoms with Crippen molar-refractivity contribution in [3.63, 3.8) is 0 Å². The van der Waals surface area contributed by atoms with Crippen LogP contribution in [-0.4, -0.2) is 29.9 Å². The smallest absolute Gasteiger partial charge is 0.255 e. The lowest BCUT2D eigenvalue weighted by atomic mass is 9.90. The summed E-state index contributed by atoms with van der Waals surface area (Å²) in [6.45, 7) is 5.36.